The van der Waals surface area contributed by atoms with E-state index in [1.54, 1.807) is 6.07 Å². The van der Waals surface area contributed by atoms with Crippen LogP contribution in [0.4, 0.5) is 5.69 Å². The molecule has 3 nitrogen and oxygen atoms in total. The molecule has 1 unspecified atom stereocenters. The quantitative estimate of drug-likeness (QED) is 0.574. The van der Waals surface area contributed by atoms with E-state index in [4.69, 9.17) is 0 Å². The predicted octanol–water partition coefficient (Wildman–Crippen LogP) is 1.09. The van der Waals surface area contributed by atoms with E-state index in [1.807, 2.05) is 12.1 Å². The molecule has 3 rings (SSSR count). The molecule has 0 bridgehead atoms. The number of phenols is 1. The zero-order valence-corrected chi connectivity index (χ0v) is 8.01. The minimum absolute atomic E-state index is 0.218. The molecule has 0 radical (unpaired) electrons. The molecule has 0 aliphatic carbocycles. The molecule has 2 aliphatic rings. The summed E-state index contributed by atoms with van der Waals surface area (Å²) >= 11 is 0. The van der Waals surface area contributed by atoms with Crippen LogP contribution in [-0.4, -0.2) is 23.7 Å². The minimum atomic E-state index is 0.218. The summed E-state index contributed by atoms with van der Waals surface area (Å²) in [5.74, 6) is 0.347. The van der Waals surface area contributed by atoms with Crippen LogP contribution in [0, 0.1) is 0 Å². The summed E-state index contributed by atoms with van der Waals surface area (Å²) in [5.41, 5.74) is 2.65. The first-order chi connectivity index (χ1) is 6.77. The van der Waals surface area contributed by atoms with Gasteiger partial charge in [0.2, 0.25) is 0 Å². The highest BCUT2D eigenvalue weighted by Gasteiger charge is 2.39. The van der Waals surface area contributed by atoms with Gasteiger partial charge in [-0.1, -0.05) is 6.07 Å². The van der Waals surface area contributed by atoms with E-state index in [2.05, 4.69) is 10.6 Å². The molecule has 0 aromatic heterocycles. The Morgan fingerprint density at radius 3 is 3.07 bits per heavy atom. The van der Waals surface area contributed by atoms with Gasteiger partial charge in [-0.05, 0) is 31.0 Å². The molecule has 1 fully saturated rings. The molecule has 14 heavy (non-hydrogen) atoms. The molecule has 1 saturated heterocycles. The van der Waals surface area contributed by atoms with Gasteiger partial charge in [-0.3, -0.25) is 0 Å². The number of phenolic OH excluding ortho intramolecular Hbond substituents is 1. The van der Waals surface area contributed by atoms with Crippen LogP contribution in [0.1, 0.15) is 12.0 Å². The average Bonchev–Trinajstić information content (AvgIpc) is 2.72. The van der Waals surface area contributed by atoms with Crippen LogP contribution in [-0.2, 0) is 6.42 Å². The Morgan fingerprint density at radius 1 is 1.36 bits per heavy atom. The number of benzene rings is 1. The summed E-state index contributed by atoms with van der Waals surface area (Å²) in [6.45, 7) is 2.12. The third-order valence-electron chi connectivity index (χ3n) is 3.27. The van der Waals surface area contributed by atoms with Crippen LogP contribution in [0.25, 0.3) is 0 Å². The zero-order valence-electron chi connectivity index (χ0n) is 8.01. The van der Waals surface area contributed by atoms with Crippen LogP contribution in [0.2, 0.25) is 0 Å². The number of fused-ring (bicyclic) bond motifs is 1. The Labute approximate surface area is 83.1 Å². The molecule has 0 saturated carbocycles. The zero-order chi connectivity index (χ0) is 9.60. The van der Waals surface area contributed by atoms with Crippen molar-refractivity contribution in [3.05, 3.63) is 23.8 Å². The lowest BCUT2D eigenvalue weighted by Crippen LogP contribution is -2.38. The van der Waals surface area contributed by atoms with Gasteiger partial charge in [-0.15, -0.1) is 0 Å². The van der Waals surface area contributed by atoms with Crippen molar-refractivity contribution in [1.29, 1.82) is 0 Å². The van der Waals surface area contributed by atoms with E-state index in [0.717, 1.165) is 25.2 Å². The smallest absolute Gasteiger partial charge is 0.117 e. The fourth-order valence-corrected chi connectivity index (χ4v) is 2.53. The number of hydrogen-bond acceptors (Lipinski definition) is 3. The van der Waals surface area contributed by atoms with E-state index < -0.39 is 0 Å². The highest BCUT2D eigenvalue weighted by molar-refractivity contribution is 5.62. The van der Waals surface area contributed by atoms with Crippen molar-refractivity contribution in [2.24, 2.45) is 0 Å². The lowest BCUT2D eigenvalue weighted by Gasteiger charge is -2.22. The second-order valence-electron chi connectivity index (χ2n) is 4.35. The molecular weight excluding hydrogens is 176 g/mol. The summed E-state index contributed by atoms with van der Waals surface area (Å²) in [4.78, 5) is 0. The van der Waals surface area contributed by atoms with Crippen LogP contribution in [0.5, 0.6) is 5.75 Å². The maximum absolute atomic E-state index is 9.37. The molecule has 1 aromatic rings. The number of rotatable bonds is 0. The molecule has 74 valence electrons. The third-order valence-corrected chi connectivity index (χ3v) is 3.27. The van der Waals surface area contributed by atoms with Crippen LogP contribution >= 0.6 is 0 Å². The second-order valence-corrected chi connectivity index (χ2v) is 4.35. The summed E-state index contributed by atoms with van der Waals surface area (Å²) in [7, 11) is 0. The molecular formula is C11H14N2O. The predicted molar refractivity (Wildman–Crippen MR) is 55.7 cm³/mol. The van der Waals surface area contributed by atoms with Gasteiger partial charge in [0.25, 0.3) is 0 Å². The van der Waals surface area contributed by atoms with E-state index in [1.165, 1.54) is 12.0 Å². The highest BCUT2D eigenvalue weighted by atomic mass is 16.3. The van der Waals surface area contributed by atoms with Gasteiger partial charge in [-0.2, -0.15) is 0 Å². The average molecular weight is 190 g/mol. The van der Waals surface area contributed by atoms with E-state index >= 15 is 0 Å². The van der Waals surface area contributed by atoms with Crippen molar-refractivity contribution < 1.29 is 5.11 Å². The molecule has 2 heterocycles. The molecule has 1 atom stereocenters. The van der Waals surface area contributed by atoms with Gasteiger partial charge in [0.15, 0.2) is 0 Å². The molecule has 0 amide bonds. The van der Waals surface area contributed by atoms with Gasteiger partial charge in [0.1, 0.15) is 5.75 Å². The van der Waals surface area contributed by atoms with Crippen molar-refractivity contribution in [3.63, 3.8) is 0 Å². The number of aromatic hydroxyl groups is 1. The van der Waals surface area contributed by atoms with Gasteiger partial charge in [0.05, 0.1) is 5.54 Å². The highest BCUT2D eigenvalue weighted by Crippen LogP contribution is 2.37. The number of nitrogens with one attached hydrogen (secondary N) is 2. The fraction of sp³-hybridized carbons (Fsp3) is 0.455. The molecule has 2 aliphatic heterocycles. The van der Waals surface area contributed by atoms with Crippen LogP contribution in [0.3, 0.4) is 0 Å². The van der Waals surface area contributed by atoms with Gasteiger partial charge in [0, 0.05) is 18.3 Å². The second kappa shape index (κ2) is 2.64. The lowest BCUT2D eigenvalue weighted by atomic mass is 9.94. The van der Waals surface area contributed by atoms with E-state index in [0.29, 0.717) is 5.75 Å². The first-order valence-electron chi connectivity index (χ1n) is 5.08. The first-order valence-corrected chi connectivity index (χ1v) is 5.08. The lowest BCUT2D eigenvalue weighted by molar-refractivity contribution is 0.475. The summed E-state index contributed by atoms with van der Waals surface area (Å²) in [6.07, 6.45) is 2.25. The Balaban J connectivity index is 1.96. The monoisotopic (exact) mass is 190 g/mol. The van der Waals surface area contributed by atoms with Crippen molar-refractivity contribution in [2.45, 2.75) is 18.4 Å². The minimum Gasteiger partial charge on any atom is -0.508 e. The first kappa shape index (κ1) is 8.12. The van der Waals surface area contributed by atoms with Crippen molar-refractivity contribution >= 4 is 5.69 Å². The van der Waals surface area contributed by atoms with Crippen molar-refractivity contribution in [2.75, 3.05) is 18.4 Å². The van der Waals surface area contributed by atoms with Crippen LogP contribution in [0.15, 0.2) is 18.2 Å². The Morgan fingerprint density at radius 2 is 2.29 bits per heavy atom. The number of hydrogen-bond donors (Lipinski definition) is 3. The summed E-state index contributed by atoms with van der Waals surface area (Å²) < 4.78 is 0. The molecule has 1 aromatic carbocycles. The topological polar surface area (TPSA) is 44.3 Å². The van der Waals surface area contributed by atoms with Gasteiger partial charge < -0.3 is 15.7 Å². The largest absolute Gasteiger partial charge is 0.508 e. The Kier molecular flexibility index (Phi) is 1.53. The molecule has 3 heteroatoms. The van der Waals surface area contributed by atoms with Gasteiger partial charge >= 0.3 is 0 Å². The fourth-order valence-electron chi connectivity index (χ4n) is 2.53. The maximum Gasteiger partial charge on any atom is 0.117 e. The van der Waals surface area contributed by atoms with Crippen LogP contribution < -0.4 is 10.6 Å². The van der Waals surface area contributed by atoms with E-state index in [9.17, 15) is 5.11 Å². The SMILES string of the molecule is Oc1ccc2c(c1)NC1(CCNC1)C2. The summed E-state index contributed by atoms with van der Waals surface area (Å²) in [5, 5.41) is 16.3. The Bertz CT molecular complexity index is 370. The van der Waals surface area contributed by atoms with E-state index in [-0.39, 0.29) is 5.54 Å². The van der Waals surface area contributed by atoms with Crippen molar-refractivity contribution in [3.8, 4) is 5.75 Å². The maximum atomic E-state index is 9.37. The van der Waals surface area contributed by atoms with Gasteiger partial charge in [-0.25, -0.2) is 0 Å². The van der Waals surface area contributed by atoms with Crippen molar-refractivity contribution in [1.82, 2.24) is 5.32 Å². The summed E-state index contributed by atoms with van der Waals surface area (Å²) in [6, 6.07) is 5.61. The third kappa shape index (κ3) is 1.09. The molecule has 1 spiro atoms. The standard InChI is InChI=1S/C11H14N2O/c14-9-2-1-8-6-11(3-4-12-7-11)13-10(8)5-9/h1-2,5,12-14H,3-4,6-7H2. The number of anilines is 1. The Hall–Kier alpha value is -1.22. The normalized spacial score (nSPS) is 29.1. The molecule has 3 N–H and O–H groups in total.